The second kappa shape index (κ2) is 8.80. The highest BCUT2D eigenvalue weighted by atomic mass is 35.5. The van der Waals surface area contributed by atoms with Gasteiger partial charge >= 0.3 is 6.18 Å². The van der Waals surface area contributed by atoms with Gasteiger partial charge in [0.1, 0.15) is 12.4 Å². The van der Waals surface area contributed by atoms with Crippen molar-refractivity contribution < 1.29 is 17.9 Å². The van der Waals surface area contributed by atoms with Crippen molar-refractivity contribution in [3.63, 3.8) is 0 Å². The van der Waals surface area contributed by atoms with Gasteiger partial charge in [-0.05, 0) is 60.2 Å². The summed E-state index contributed by atoms with van der Waals surface area (Å²) in [6.45, 7) is 0.364. The molecule has 0 aliphatic heterocycles. The number of hydrogen-bond acceptors (Lipinski definition) is 3. The Morgan fingerprint density at radius 1 is 0.929 bits per heavy atom. The Balaban J connectivity index is 1.53. The molecule has 0 aliphatic rings. The standard InChI is InChI=1S/C21H16ClF3N2O/c22-20-4-2-1-3-16(20)14-28-19-11-5-15(6-12-19)13-26-27-18-9-7-17(8-10-18)21(23,24)25/h1-13,27H,14H2. The molecule has 0 unspecified atom stereocenters. The molecule has 0 amide bonds. The minimum Gasteiger partial charge on any atom is -0.489 e. The quantitative estimate of drug-likeness (QED) is 0.382. The van der Waals surface area contributed by atoms with Crippen LogP contribution >= 0.6 is 11.6 Å². The molecule has 3 aromatic rings. The van der Waals surface area contributed by atoms with Crippen molar-refractivity contribution in [2.75, 3.05) is 5.43 Å². The summed E-state index contributed by atoms with van der Waals surface area (Å²) in [5.74, 6) is 0.688. The van der Waals surface area contributed by atoms with Crippen molar-refractivity contribution in [2.24, 2.45) is 5.10 Å². The molecule has 0 aromatic heterocycles. The fourth-order valence-corrected chi connectivity index (χ4v) is 2.53. The number of halogens is 4. The summed E-state index contributed by atoms with van der Waals surface area (Å²) in [5.41, 5.74) is 4.17. The maximum atomic E-state index is 12.5. The van der Waals surface area contributed by atoms with Crippen LogP contribution in [0.3, 0.4) is 0 Å². The van der Waals surface area contributed by atoms with E-state index in [1.54, 1.807) is 18.3 Å². The summed E-state index contributed by atoms with van der Waals surface area (Å²) < 4.78 is 43.3. The van der Waals surface area contributed by atoms with Crippen molar-refractivity contribution in [2.45, 2.75) is 12.8 Å². The van der Waals surface area contributed by atoms with Crippen LogP contribution < -0.4 is 10.2 Å². The van der Waals surface area contributed by atoms with Crippen molar-refractivity contribution in [3.05, 3.63) is 94.5 Å². The van der Waals surface area contributed by atoms with Gasteiger partial charge in [0, 0.05) is 10.6 Å². The van der Waals surface area contributed by atoms with Gasteiger partial charge in [-0.1, -0.05) is 29.8 Å². The van der Waals surface area contributed by atoms with Crippen molar-refractivity contribution in [1.29, 1.82) is 0 Å². The van der Waals surface area contributed by atoms with Gasteiger partial charge in [0.25, 0.3) is 0 Å². The Kier molecular flexibility index (Phi) is 6.21. The largest absolute Gasteiger partial charge is 0.489 e. The lowest BCUT2D eigenvalue weighted by Crippen LogP contribution is -2.04. The predicted octanol–water partition coefficient (Wildman–Crippen LogP) is 6.38. The van der Waals surface area contributed by atoms with Gasteiger partial charge in [0.05, 0.1) is 17.5 Å². The third-order valence-corrected chi connectivity index (χ3v) is 4.22. The molecular formula is C21H16ClF3N2O. The summed E-state index contributed by atoms with van der Waals surface area (Å²) in [5, 5.41) is 4.68. The zero-order chi connectivity index (χ0) is 20.0. The number of hydrogen-bond donors (Lipinski definition) is 1. The number of benzene rings is 3. The fourth-order valence-electron chi connectivity index (χ4n) is 2.34. The SMILES string of the molecule is FC(F)(F)c1ccc(NN=Cc2ccc(OCc3ccccc3Cl)cc2)cc1. The molecule has 0 radical (unpaired) electrons. The third-order valence-electron chi connectivity index (χ3n) is 3.85. The van der Waals surface area contributed by atoms with Gasteiger partial charge < -0.3 is 4.74 Å². The van der Waals surface area contributed by atoms with Crippen molar-refractivity contribution in [1.82, 2.24) is 0 Å². The van der Waals surface area contributed by atoms with Crippen LogP contribution in [0.5, 0.6) is 5.75 Å². The molecule has 28 heavy (non-hydrogen) atoms. The van der Waals surface area contributed by atoms with Gasteiger partial charge in [-0.3, -0.25) is 5.43 Å². The normalized spacial score (nSPS) is 11.6. The Labute approximate surface area is 165 Å². The highest BCUT2D eigenvalue weighted by Gasteiger charge is 2.29. The summed E-state index contributed by atoms with van der Waals surface area (Å²) >= 11 is 6.09. The van der Waals surface area contributed by atoms with Crippen LogP contribution in [0.4, 0.5) is 18.9 Å². The molecule has 0 saturated heterocycles. The first-order chi connectivity index (χ1) is 13.4. The van der Waals surface area contributed by atoms with Crippen LogP contribution in [0.1, 0.15) is 16.7 Å². The van der Waals surface area contributed by atoms with Crippen LogP contribution in [0.2, 0.25) is 5.02 Å². The van der Waals surface area contributed by atoms with Crippen LogP contribution in [0.15, 0.2) is 77.9 Å². The van der Waals surface area contributed by atoms with E-state index in [-0.39, 0.29) is 0 Å². The first kappa shape index (κ1) is 19.8. The molecule has 0 saturated carbocycles. The van der Waals surface area contributed by atoms with E-state index < -0.39 is 11.7 Å². The minimum atomic E-state index is -4.35. The molecule has 3 rings (SSSR count). The smallest absolute Gasteiger partial charge is 0.416 e. The topological polar surface area (TPSA) is 33.6 Å². The molecule has 0 spiro atoms. The van der Waals surface area contributed by atoms with Crippen LogP contribution in [0, 0.1) is 0 Å². The molecule has 3 nitrogen and oxygen atoms in total. The van der Waals surface area contributed by atoms with Gasteiger partial charge in [0.15, 0.2) is 0 Å². The van der Waals surface area contributed by atoms with E-state index in [4.69, 9.17) is 16.3 Å². The first-order valence-electron chi connectivity index (χ1n) is 8.34. The molecule has 0 fully saturated rings. The summed E-state index contributed by atoms with van der Waals surface area (Å²) in [6.07, 6.45) is -2.78. The average Bonchev–Trinajstić information content (AvgIpc) is 2.68. The minimum absolute atomic E-state index is 0.364. The number of alkyl halides is 3. The summed E-state index contributed by atoms with van der Waals surface area (Å²) in [4.78, 5) is 0. The van der Waals surface area contributed by atoms with Crippen LogP contribution in [-0.2, 0) is 12.8 Å². The Morgan fingerprint density at radius 2 is 1.61 bits per heavy atom. The second-order valence-electron chi connectivity index (χ2n) is 5.89. The molecule has 3 aromatic carbocycles. The number of anilines is 1. The lowest BCUT2D eigenvalue weighted by molar-refractivity contribution is -0.137. The van der Waals surface area contributed by atoms with E-state index >= 15 is 0 Å². The molecule has 7 heteroatoms. The molecule has 0 heterocycles. The maximum Gasteiger partial charge on any atom is 0.416 e. The molecule has 1 N–H and O–H groups in total. The van der Waals surface area contributed by atoms with Gasteiger partial charge in [-0.2, -0.15) is 18.3 Å². The van der Waals surface area contributed by atoms with E-state index in [2.05, 4.69) is 10.5 Å². The van der Waals surface area contributed by atoms with E-state index in [1.165, 1.54) is 12.1 Å². The second-order valence-corrected chi connectivity index (χ2v) is 6.30. The van der Waals surface area contributed by atoms with Crippen LogP contribution in [0.25, 0.3) is 0 Å². The molecular weight excluding hydrogens is 389 g/mol. The van der Waals surface area contributed by atoms with Crippen molar-refractivity contribution >= 4 is 23.5 Å². The van der Waals surface area contributed by atoms with E-state index in [0.717, 1.165) is 23.3 Å². The predicted molar refractivity (Wildman–Crippen MR) is 105 cm³/mol. The monoisotopic (exact) mass is 404 g/mol. The molecule has 0 aliphatic carbocycles. The lowest BCUT2D eigenvalue weighted by atomic mass is 10.2. The molecule has 0 atom stereocenters. The lowest BCUT2D eigenvalue weighted by Gasteiger charge is -2.08. The Morgan fingerprint density at radius 3 is 2.25 bits per heavy atom. The first-order valence-corrected chi connectivity index (χ1v) is 8.72. The Hall–Kier alpha value is -2.99. The number of hydrazone groups is 1. The summed E-state index contributed by atoms with van der Waals surface area (Å²) in [6, 6.07) is 19.4. The summed E-state index contributed by atoms with van der Waals surface area (Å²) in [7, 11) is 0. The number of nitrogens with one attached hydrogen (secondary N) is 1. The zero-order valence-electron chi connectivity index (χ0n) is 14.6. The highest BCUT2D eigenvalue weighted by Crippen LogP contribution is 2.29. The number of rotatable bonds is 6. The fraction of sp³-hybridized carbons (Fsp3) is 0.0952. The number of nitrogens with zero attached hydrogens (tertiary/aromatic N) is 1. The maximum absolute atomic E-state index is 12.5. The number of ether oxygens (including phenoxy) is 1. The van der Waals surface area contributed by atoms with Crippen molar-refractivity contribution in [3.8, 4) is 5.75 Å². The van der Waals surface area contributed by atoms with E-state index in [0.29, 0.717) is 23.1 Å². The average molecular weight is 405 g/mol. The molecule has 144 valence electrons. The highest BCUT2D eigenvalue weighted by molar-refractivity contribution is 6.31. The van der Waals surface area contributed by atoms with Gasteiger partial charge in [-0.25, -0.2) is 0 Å². The zero-order valence-corrected chi connectivity index (χ0v) is 15.3. The van der Waals surface area contributed by atoms with Crippen LogP contribution in [-0.4, -0.2) is 6.21 Å². The van der Waals surface area contributed by atoms with E-state index in [1.807, 2.05) is 36.4 Å². The van der Waals surface area contributed by atoms with Gasteiger partial charge in [0.2, 0.25) is 0 Å². The Bertz CT molecular complexity index is 939. The van der Waals surface area contributed by atoms with Gasteiger partial charge in [-0.15, -0.1) is 0 Å². The molecule has 0 bridgehead atoms. The third kappa shape index (κ3) is 5.50. The van der Waals surface area contributed by atoms with E-state index in [9.17, 15) is 13.2 Å².